The van der Waals surface area contributed by atoms with E-state index in [0.717, 1.165) is 6.20 Å². The molecule has 0 bridgehead atoms. The summed E-state index contributed by atoms with van der Waals surface area (Å²) in [5.74, 6) is 0. The molecule has 0 aliphatic heterocycles. The highest BCUT2D eigenvalue weighted by atomic mass is 19.3. The van der Waals surface area contributed by atoms with E-state index < -0.39 is 28.2 Å². The largest absolute Gasteiger partial charge is 0.301 e. The first-order valence-corrected chi connectivity index (χ1v) is 3.86. The van der Waals surface area contributed by atoms with Crippen LogP contribution in [-0.4, -0.2) is 16.2 Å². The molecule has 0 aliphatic carbocycles. The first-order valence-electron chi connectivity index (χ1n) is 3.86. The zero-order chi connectivity index (χ0) is 11.6. The van der Waals surface area contributed by atoms with E-state index in [0.29, 0.717) is 0 Å². The minimum atomic E-state index is -2.96. The summed E-state index contributed by atoms with van der Waals surface area (Å²) in [6.07, 6.45) is -2.14. The lowest BCUT2D eigenvalue weighted by Crippen LogP contribution is -2.04. The Morgan fingerprint density at radius 3 is 2.60 bits per heavy atom. The van der Waals surface area contributed by atoms with Crippen molar-refractivity contribution in [2.75, 3.05) is 0 Å². The third-order valence-electron chi connectivity index (χ3n) is 1.84. The number of aldehydes is 1. The van der Waals surface area contributed by atoms with Crippen LogP contribution in [0.15, 0.2) is 6.20 Å². The summed E-state index contributed by atoms with van der Waals surface area (Å²) in [5, 5.41) is 10.5. The number of nitro groups is 1. The van der Waals surface area contributed by atoms with Crippen LogP contribution in [-0.2, 0) is 0 Å². The molecular formula is C8H6F2N2O3. The average Bonchev–Trinajstić information content (AvgIpc) is 2.15. The molecule has 0 spiro atoms. The lowest BCUT2D eigenvalue weighted by molar-refractivity contribution is -0.386. The highest BCUT2D eigenvalue weighted by molar-refractivity contribution is 5.84. The van der Waals surface area contributed by atoms with Crippen LogP contribution < -0.4 is 0 Å². The summed E-state index contributed by atoms with van der Waals surface area (Å²) in [5.41, 5.74) is -2.06. The maximum absolute atomic E-state index is 12.4. The van der Waals surface area contributed by atoms with Crippen molar-refractivity contribution >= 4 is 12.0 Å². The van der Waals surface area contributed by atoms with Gasteiger partial charge in [0.2, 0.25) is 0 Å². The molecule has 0 amide bonds. The van der Waals surface area contributed by atoms with Crippen LogP contribution in [0.5, 0.6) is 0 Å². The second kappa shape index (κ2) is 4.07. The molecule has 0 unspecified atom stereocenters. The summed E-state index contributed by atoms with van der Waals surface area (Å²) in [6, 6.07) is 0. The minimum Gasteiger partial charge on any atom is -0.298 e. The number of aryl methyl sites for hydroxylation is 1. The summed E-state index contributed by atoms with van der Waals surface area (Å²) < 4.78 is 24.7. The maximum atomic E-state index is 12.4. The average molecular weight is 216 g/mol. The van der Waals surface area contributed by atoms with Gasteiger partial charge in [-0.2, -0.15) is 0 Å². The van der Waals surface area contributed by atoms with Gasteiger partial charge in [0.25, 0.3) is 6.43 Å². The fourth-order valence-corrected chi connectivity index (χ4v) is 1.16. The molecular weight excluding hydrogens is 210 g/mol. The molecule has 1 aromatic heterocycles. The number of aromatic nitrogens is 1. The van der Waals surface area contributed by atoms with Crippen LogP contribution in [0.4, 0.5) is 14.5 Å². The van der Waals surface area contributed by atoms with E-state index in [1.54, 1.807) is 0 Å². The Bertz CT molecular complexity index is 421. The van der Waals surface area contributed by atoms with Gasteiger partial charge in [-0.25, -0.2) is 8.78 Å². The predicted molar refractivity (Wildman–Crippen MR) is 46.0 cm³/mol. The van der Waals surface area contributed by atoms with Crippen LogP contribution in [0.1, 0.15) is 28.0 Å². The van der Waals surface area contributed by atoms with Gasteiger partial charge in [-0.05, 0) is 6.92 Å². The quantitative estimate of drug-likeness (QED) is 0.440. The zero-order valence-electron chi connectivity index (χ0n) is 7.61. The summed E-state index contributed by atoms with van der Waals surface area (Å²) in [4.78, 5) is 23.6. The van der Waals surface area contributed by atoms with Gasteiger partial charge in [0.1, 0.15) is 11.3 Å². The number of alkyl halides is 2. The molecule has 1 heterocycles. The molecule has 5 nitrogen and oxygen atoms in total. The molecule has 80 valence electrons. The van der Waals surface area contributed by atoms with Gasteiger partial charge in [0.15, 0.2) is 6.29 Å². The Morgan fingerprint density at radius 1 is 1.60 bits per heavy atom. The molecule has 0 saturated heterocycles. The number of hydrogen-bond donors (Lipinski definition) is 0. The molecule has 1 rings (SSSR count). The van der Waals surface area contributed by atoms with E-state index >= 15 is 0 Å². The normalized spacial score (nSPS) is 10.4. The van der Waals surface area contributed by atoms with Crippen molar-refractivity contribution < 1.29 is 18.5 Å². The Kier molecular flexibility index (Phi) is 3.03. The first kappa shape index (κ1) is 11.2. The lowest BCUT2D eigenvalue weighted by atomic mass is 10.1. The SMILES string of the molecule is Cc1ncc(C(F)F)c(C=O)c1[N+](=O)[O-]. The maximum Gasteiger partial charge on any atom is 0.301 e. The monoisotopic (exact) mass is 216 g/mol. The van der Waals surface area contributed by atoms with Crippen LogP contribution >= 0.6 is 0 Å². The Hall–Kier alpha value is -1.92. The van der Waals surface area contributed by atoms with Crippen molar-refractivity contribution in [3.63, 3.8) is 0 Å². The second-order valence-corrected chi connectivity index (χ2v) is 2.74. The molecule has 0 aromatic carbocycles. The zero-order valence-corrected chi connectivity index (χ0v) is 7.61. The number of halogens is 2. The Labute approximate surface area is 82.9 Å². The molecule has 0 saturated carbocycles. The summed E-state index contributed by atoms with van der Waals surface area (Å²) in [7, 11) is 0. The molecule has 7 heteroatoms. The summed E-state index contributed by atoms with van der Waals surface area (Å²) >= 11 is 0. The number of nitrogens with zero attached hydrogens (tertiary/aromatic N) is 2. The van der Waals surface area contributed by atoms with Gasteiger partial charge >= 0.3 is 5.69 Å². The predicted octanol–water partition coefficient (Wildman–Crippen LogP) is 2.05. The lowest BCUT2D eigenvalue weighted by Gasteiger charge is -2.05. The number of rotatable bonds is 3. The van der Waals surface area contributed by atoms with Crippen LogP contribution in [0.2, 0.25) is 0 Å². The highest BCUT2D eigenvalue weighted by Gasteiger charge is 2.25. The fraction of sp³-hybridized carbons (Fsp3) is 0.250. The van der Waals surface area contributed by atoms with Gasteiger partial charge in [0.05, 0.1) is 10.5 Å². The molecule has 0 atom stereocenters. The van der Waals surface area contributed by atoms with Crippen molar-refractivity contribution in [2.45, 2.75) is 13.3 Å². The number of carbonyl (C=O) groups is 1. The van der Waals surface area contributed by atoms with E-state index in [-0.39, 0.29) is 12.0 Å². The Balaban J connectivity index is 3.54. The third kappa shape index (κ3) is 1.95. The van der Waals surface area contributed by atoms with Crippen molar-refractivity contribution in [3.8, 4) is 0 Å². The molecule has 0 aliphatic rings. The van der Waals surface area contributed by atoms with Crippen molar-refractivity contribution in [1.82, 2.24) is 4.98 Å². The standard InChI is InChI=1S/C8H6F2N2O3/c1-4-7(12(14)15)6(3-13)5(2-11-4)8(9)10/h2-3,8H,1H3. The van der Waals surface area contributed by atoms with Crippen LogP contribution in [0.3, 0.4) is 0 Å². The topological polar surface area (TPSA) is 73.1 Å². The second-order valence-electron chi connectivity index (χ2n) is 2.74. The minimum absolute atomic E-state index is 0.0499. The van der Waals surface area contributed by atoms with Crippen LogP contribution in [0.25, 0.3) is 0 Å². The van der Waals surface area contributed by atoms with Gasteiger partial charge < -0.3 is 0 Å². The van der Waals surface area contributed by atoms with Gasteiger partial charge in [-0.1, -0.05) is 0 Å². The van der Waals surface area contributed by atoms with E-state index in [4.69, 9.17) is 0 Å². The molecule has 0 N–H and O–H groups in total. The summed E-state index contributed by atoms with van der Waals surface area (Å²) in [6.45, 7) is 1.28. The van der Waals surface area contributed by atoms with E-state index in [1.165, 1.54) is 6.92 Å². The van der Waals surface area contributed by atoms with Gasteiger partial charge in [-0.3, -0.25) is 19.9 Å². The number of carbonyl (C=O) groups excluding carboxylic acids is 1. The molecule has 15 heavy (non-hydrogen) atoms. The van der Waals surface area contributed by atoms with E-state index in [9.17, 15) is 23.7 Å². The number of pyridine rings is 1. The van der Waals surface area contributed by atoms with Gasteiger partial charge in [-0.15, -0.1) is 0 Å². The van der Waals surface area contributed by atoms with Gasteiger partial charge in [0, 0.05) is 6.20 Å². The first-order chi connectivity index (χ1) is 6.99. The number of hydrogen-bond acceptors (Lipinski definition) is 4. The van der Waals surface area contributed by atoms with Crippen molar-refractivity contribution in [1.29, 1.82) is 0 Å². The molecule has 1 aromatic rings. The van der Waals surface area contributed by atoms with E-state index in [2.05, 4.69) is 4.98 Å². The van der Waals surface area contributed by atoms with Crippen LogP contribution in [0, 0.1) is 17.0 Å². The van der Waals surface area contributed by atoms with E-state index in [1.807, 2.05) is 0 Å². The smallest absolute Gasteiger partial charge is 0.298 e. The Morgan fingerprint density at radius 2 is 2.20 bits per heavy atom. The molecule has 0 radical (unpaired) electrons. The van der Waals surface area contributed by atoms with Crippen molar-refractivity contribution in [2.24, 2.45) is 0 Å². The third-order valence-corrected chi connectivity index (χ3v) is 1.84. The molecule has 0 fully saturated rings. The highest BCUT2D eigenvalue weighted by Crippen LogP contribution is 2.29. The fourth-order valence-electron chi connectivity index (χ4n) is 1.16. The van der Waals surface area contributed by atoms with Crippen molar-refractivity contribution in [3.05, 3.63) is 33.1 Å².